The molecular formula is C12H16N4O. The van der Waals surface area contributed by atoms with Gasteiger partial charge in [0.05, 0.1) is 0 Å². The Hall–Kier alpha value is -2.04. The van der Waals surface area contributed by atoms with Crippen LogP contribution in [-0.4, -0.2) is 33.3 Å². The van der Waals surface area contributed by atoms with Gasteiger partial charge in [-0.05, 0) is 26.0 Å². The fourth-order valence-electron chi connectivity index (χ4n) is 1.78. The highest BCUT2D eigenvalue weighted by molar-refractivity contribution is 5.92. The SMILES string of the molecule is CCN(CC)C(=O)c1cn2cc(N)ccc2n1. The molecule has 2 heterocycles. The van der Waals surface area contributed by atoms with Gasteiger partial charge in [-0.3, -0.25) is 4.79 Å². The van der Waals surface area contributed by atoms with E-state index in [1.165, 1.54) is 0 Å². The highest BCUT2D eigenvalue weighted by Gasteiger charge is 2.15. The molecule has 0 radical (unpaired) electrons. The standard InChI is InChI=1S/C12H16N4O/c1-3-15(4-2)12(17)10-8-16-7-9(13)5-6-11(16)14-10/h5-8H,3-4,13H2,1-2H3. The number of carbonyl (C=O) groups excluding carboxylic acids is 1. The topological polar surface area (TPSA) is 63.6 Å². The molecule has 2 N–H and O–H groups in total. The largest absolute Gasteiger partial charge is 0.398 e. The van der Waals surface area contributed by atoms with E-state index in [1.807, 2.05) is 13.8 Å². The first-order chi connectivity index (χ1) is 8.15. The number of fused-ring (bicyclic) bond motifs is 1. The predicted octanol–water partition coefficient (Wildman–Crippen LogP) is 1.40. The number of imidazole rings is 1. The summed E-state index contributed by atoms with van der Waals surface area (Å²) in [7, 11) is 0. The summed E-state index contributed by atoms with van der Waals surface area (Å²) < 4.78 is 1.77. The second-order valence-electron chi connectivity index (χ2n) is 3.83. The molecule has 1 amide bonds. The average molecular weight is 232 g/mol. The maximum Gasteiger partial charge on any atom is 0.274 e. The smallest absolute Gasteiger partial charge is 0.274 e. The van der Waals surface area contributed by atoms with E-state index in [0.717, 1.165) is 5.65 Å². The Kier molecular flexibility index (Phi) is 2.99. The molecule has 2 rings (SSSR count). The van der Waals surface area contributed by atoms with Gasteiger partial charge in [0.25, 0.3) is 5.91 Å². The number of nitrogens with zero attached hydrogens (tertiary/aromatic N) is 3. The van der Waals surface area contributed by atoms with Crippen molar-refractivity contribution in [3.05, 3.63) is 30.2 Å². The number of amides is 1. The number of carbonyl (C=O) groups is 1. The number of anilines is 1. The molecule has 2 aromatic rings. The molecule has 0 unspecified atom stereocenters. The zero-order chi connectivity index (χ0) is 12.4. The first-order valence-corrected chi connectivity index (χ1v) is 5.69. The second-order valence-corrected chi connectivity index (χ2v) is 3.83. The molecule has 0 aliphatic heterocycles. The lowest BCUT2D eigenvalue weighted by Gasteiger charge is -2.16. The third-order valence-corrected chi connectivity index (χ3v) is 2.74. The van der Waals surface area contributed by atoms with E-state index in [9.17, 15) is 4.79 Å². The lowest BCUT2D eigenvalue weighted by Crippen LogP contribution is -2.30. The Labute approximate surface area is 99.9 Å². The van der Waals surface area contributed by atoms with E-state index in [0.29, 0.717) is 24.5 Å². The molecule has 90 valence electrons. The first kappa shape index (κ1) is 11.4. The number of aromatic nitrogens is 2. The molecule has 5 nitrogen and oxygen atoms in total. The van der Waals surface area contributed by atoms with Crippen molar-refractivity contribution in [3.8, 4) is 0 Å². The molecule has 17 heavy (non-hydrogen) atoms. The Morgan fingerprint density at radius 2 is 2.06 bits per heavy atom. The summed E-state index contributed by atoms with van der Waals surface area (Å²) in [5.74, 6) is -0.0442. The van der Waals surface area contributed by atoms with Crippen molar-refractivity contribution in [1.29, 1.82) is 0 Å². The van der Waals surface area contributed by atoms with Gasteiger partial charge in [0, 0.05) is 31.2 Å². The molecule has 0 aliphatic carbocycles. The Morgan fingerprint density at radius 3 is 2.71 bits per heavy atom. The molecule has 0 saturated carbocycles. The molecule has 0 aromatic carbocycles. The number of pyridine rings is 1. The average Bonchev–Trinajstić information content (AvgIpc) is 2.73. The van der Waals surface area contributed by atoms with E-state index in [4.69, 9.17) is 5.73 Å². The van der Waals surface area contributed by atoms with Crippen molar-refractivity contribution in [3.63, 3.8) is 0 Å². The van der Waals surface area contributed by atoms with Crippen LogP contribution in [0.2, 0.25) is 0 Å². The van der Waals surface area contributed by atoms with Gasteiger partial charge in [0.15, 0.2) is 0 Å². The number of rotatable bonds is 3. The maximum atomic E-state index is 12.1. The maximum absolute atomic E-state index is 12.1. The van der Waals surface area contributed by atoms with E-state index >= 15 is 0 Å². The molecular weight excluding hydrogens is 216 g/mol. The van der Waals surface area contributed by atoms with Crippen molar-refractivity contribution in [2.24, 2.45) is 0 Å². The van der Waals surface area contributed by atoms with Crippen LogP contribution < -0.4 is 5.73 Å². The lowest BCUT2D eigenvalue weighted by atomic mass is 10.4. The van der Waals surface area contributed by atoms with Crippen LogP contribution in [0.4, 0.5) is 5.69 Å². The third-order valence-electron chi connectivity index (χ3n) is 2.74. The van der Waals surface area contributed by atoms with E-state index in [-0.39, 0.29) is 5.91 Å². The number of nitrogens with two attached hydrogens (primary N) is 1. The highest BCUT2D eigenvalue weighted by Crippen LogP contribution is 2.10. The van der Waals surface area contributed by atoms with E-state index < -0.39 is 0 Å². The van der Waals surface area contributed by atoms with Gasteiger partial charge < -0.3 is 15.0 Å². The molecule has 0 saturated heterocycles. The van der Waals surface area contributed by atoms with Crippen LogP contribution >= 0.6 is 0 Å². The van der Waals surface area contributed by atoms with Crippen molar-refractivity contribution in [1.82, 2.24) is 14.3 Å². The monoisotopic (exact) mass is 232 g/mol. The molecule has 5 heteroatoms. The molecule has 0 aliphatic rings. The van der Waals surface area contributed by atoms with E-state index in [2.05, 4.69) is 4.98 Å². The minimum absolute atomic E-state index is 0.0442. The van der Waals surface area contributed by atoms with Crippen LogP contribution in [0.25, 0.3) is 5.65 Å². The number of hydrogen-bond acceptors (Lipinski definition) is 3. The summed E-state index contributed by atoms with van der Waals surface area (Å²) in [4.78, 5) is 18.1. The van der Waals surface area contributed by atoms with Crippen LogP contribution in [-0.2, 0) is 0 Å². The minimum Gasteiger partial charge on any atom is -0.398 e. The van der Waals surface area contributed by atoms with Gasteiger partial charge in [-0.2, -0.15) is 0 Å². The quantitative estimate of drug-likeness (QED) is 0.870. The lowest BCUT2D eigenvalue weighted by molar-refractivity contribution is 0.0768. The van der Waals surface area contributed by atoms with Crippen LogP contribution in [0, 0.1) is 0 Å². The van der Waals surface area contributed by atoms with E-state index in [1.54, 1.807) is 33.8 Å². The molecule has 0 bridgehead atoms. The van der Waals surface area contributed by atoms with Crippen LogP contribution in [0.5, 0.6) is 0 Å². The fraction of sp³-hybridized carbons (Fsp3) is 0.333. The summed E-state index contributed by atoms with van der Waals surface area (Å²) in [5.41, 5.74) is 7.52. The van der Waals surface area contributed by atoms with Gasteiger partial charge in [0.2, 0.25) is 0 Å². The summed E-state index contributed by atoms with van der Waals surface area (Å²) in [5, 5.41) is 0. The van der Waals surface area contributed by atoms with Crippen LogP contribution in [0.15, 0.2) is 24.5 Å². The fourth-order valence-corrected chi connectivity index (χ4v) is 1.78. The van der Waals surface area contributed by atoms with Gasteiger partial charge in [0.1, 0.15) is 11.3 Å². The summed E-state index contributed by atoms with van der Waals surface area (Å²) >= 11 is 0. The van der Waals surface area contributed by atoms with Gasteiger partial charge >= 0.3 is 0 Å². The highest BCUT2D eigenvalue weighted by atomic mass is 16.2. The predicted molar refractivity (Wildman–Crippen MR) is 66.9 cm³/mol. The third kappa shape index (κ3) is 2.08. The Morgan fingerprint density at radius 1 is 1.35 bits per heavy atom. The molecule has 2 aromatic heterocycles. The number of nitrogen functional groups attached to an aromatic ring is 1. The summed E-state index contributed by atoms with van der Waals surface area (Å²) in [6, 6.07) is 3.57. The minimum atomic E-state index is -0.0442. The number of hydrogen-bond donors (Lipinski definition) is 1. The Bertz CT molecular complexity index is 542. The normalized spacial score (nSPS) is 10.7. The zero-order valence-electron chi connectivity index (χ0n) is 10.1. The van der Waals surface area contributed by atoms with Crippen molar-refractivity contribution < 1.29 is 4.79 Å². The summed E-state index contributed by atoms with van der Waals surface area (Å²) in [6.45, 7) is 5.28. The van der Waals surface area contributed by atoms with Crippen LogP contribution in [0.1, 0.15) is 24.3 Å². The van der Waals surface area contributed by atoms with Crippen molar-refractivity contribution in [2.45, 2.75) is 13.8 Å². The van der Waals surface area contributed by atoms with Gasteiger partial charge in [-0.25, -0.2) is 4.98 Å². The van der Waals surface area contributed by atoms with Gasteiger partial charge in [-0.15, -0.1) is 0 Å². The van der Waals surface area contributed by atoms with Crippen LogP contribution in [0.3, 0.4) is 0 Å². The summed E-state index contributed by atoms with van der Waals surface area (Å²) in [6.07, 6.45) is 3.47. The second kappa shape index (κ2) is 4.45. The van der Waals surface area contributed by atoms with Crippen molar-refractivity contribution in [2.75, 3.05) is 18.8 Å². The zero-order valence-corrected chi connectivity index (χ0v) is 10.1. The van der Waals surface area contributed by atoms with Gasteiger partial charge in [-0.1, -0.05) is 0 Å². The Balaban J connectivity index is 2.39. The molecule has 0 atom stereocenters. The molecule has 0 fully saturated rings. The van der Waals surface area contributed by atoms with Crippen molar-refractivity contribution >= 4 is 17.2 Å². The molecule has 0 spiro atoms. The first-order valence-electron chi connectivity index (χ1n) is 5.69.